The molecule has 4 nitrogen and oxygen atoms in total. The van der Waals surface area contributed by atoms with Crippen LogP contribution in [0.1, 0.15) is 44.6 Å². The van der Waals surface area contributed by atoms with E-state index in [0.29, 0.717) is 4.90 Å². The van der Waals surface area contributed by atoms with Gasteiger partial charge in [0, 0.05) is 19.6 Å². The first kappa shape index (κ1) is 16.5. The zero-order valence-electron chi connectivity index (χ0n) is 13.0. The fraction of sp³-hybridized carbons (Fsp3) is 0.625. The molecule has 0 radical (unpaired) electrons. The second-order valence-corrected chi connectivity index (χ2v) is 7.73. The van der Waals surface area contributed by atoms with Crippen molar-refractivity contribution in [2.45, 2.75) is 56.5 Å². The zero-order valence-corrected chi connectivity index (χ0v) is 13.8. The van der Waals surface area contributed by atoms with E-state index in [1.165, 1.54) is 6.42 Å². The van der Waals surface area contributed by atoms with Gasteiger partial charge in [-0.15, -0.1) is 0 Å². The van der Waals surface area contributed by atoms with Gasteiger partial charge in [-0.3, -0.25) is 0 Å². The van der Waals surface area contributed by atoms with E-state index in [0.717, 1.165) is 44.3 Å². The molecule has 1 N–H and O–H groups in total. The lowest BCUT2D eigenvalue weighted by molar-refractivity contribution is 0.286. The van der Waals surface area contributed by atoms with Crippen molar-refractivity contribution in [3.05, 3.63) is 29.8 Å². The minimum Gasteiger partial charge on any atom is -0.313 e. The van der Waals surface area contributed by atoms with Gasteiger partial charge in [0.15, 0.2) is 0 Å². The summed E-state index contributed by atoms with van der Waals surface area (Å²) in [5.41, 5.74) is 1.11. The molecule has 21 heavy (non-hydrogen) atoms. The third kappa shape index (κ3) is 4.05. The van der Waals surface area contributed by atoms with Crippen LogP contribution in [-0.2, 0) is 16.6 Å². The van der Waals surface area contributed by atoms with E-state index in [9.17, 15) is 8.42 Å². The van der Waals surface area contributed by atoms with Crippen molar-refractivity contribution < 1.29 is 8.42 Å². The summed E-state index contributed by atoms with van der Waals surface area (Å²) in [4.78, 5) is 0.399. The lowest BCUT2D eigenvalue weighted by Gasteiger charge is -2.30. The molecule has 1 aromatic carbocycles. The summed E-state index contributed by atoms with van der Waals surface area (Å²) < 4.78 is 26.9. The van der Waals surface area contributed by atoms with Gasteiger partial charge < -0.3 is 5.32 Å². The molecule has 1 aromatic rings. The topological polar surface area (TPSA) is 49.4 Å². The minimum atomic E-state index is -3.36. The van der Waals surface area contributed by atoms with Crippen LogP contribution in [0.5, 0.6) is 0 Å². The second-order valence-electron chi connectivity index (χ2n) is 5.74. The summed E-state index contributed by atoms with van der Waals surface area (Å²) in [6, 6.07) is 7.39. The first-order chi connectivity index (χ1) is 10.1. The van der Waals surface area contributed by atoms with Gasteiger partial charge >= 0.3 is 0 Å². The van der Waals surface area contributed by atoms with E-state index < -0.39 is 10.0 Å². The van der Waals surface area contributed by atoms with E-state index in [1.807, 2.05) is 12.1 Å². The number of hydrogen-bond donors (Lipinski definition) is 1. The van der Waals surface area contributed by atoms with Gasteiger partial charge in [-0.2, -0.15) is 4.31 Å². The first-order valence-corrected chi connectivity index (χ1v) is 9.27. The van der Waals surface area contributed by atoms with E-state index in [2.05, 4.69) is 12.2 Å². The van der Waals surface area contributed by atoms with Crippen molar-refractivity contribution in [1.29, 1.82) is 0 Å². The molecule has 0 spiro atoms. The Kier molecular flexibility index (Phi) is 5.79. The molecule has 2 rings (SSSR count). The maximum Gasteiger partial charge on any atom is 0.243 e. The molecule has 5 heteroatoms. The lowest BCUT2D eigenvalue weighted by Crippen LogP contribution is -2.38. The molecule has 1 fully saturated rings. The van der Waals surface area contributed by atoms with Gasteiger partial charge in [-0.25, -0.2) is 8.42 Å². The summed E-state index contributed by atoms with van der Waals surface area (Å²) >= 11 is 0. The Hall–Kier alpha value is -0.910. The molecule has 0 unspecified atom stereocenters. The molecule has 1 aliphatic rings. The molecule has 0 aromatic heterocycles. The van der Waals surface area contributed by atoms with Crippen LogP contribution in [0, 0.1) is 0 Å². The molecule has 0 amide bonds. The van der Waals surface area contributed by atoms with Crippen molar-refractivity contribution >= 4 is 10.0 Å². The van der Waals surface area contributed by atoms with Gasteiger partial charge in [-0.05, 0) is 37.1 Å². The Morgan fingerprint density at radius 3 is 2.33 bits per heavy atom. The summed E-state index contributed by atoms with van der Waals surface area (Å²) in [7, 11) is -1.64. The quantitative estimate of drug-likeness (QED) is 0.879. The average molecular weight is 310 g/mol. The number of hydrogen-bond acceptors (Lipinski definition) is 3. The molecular weight excluding hydrogens is 284 g/mol. The number of benzene rings is 1. The SMILES string of the molecule is CCNCc1ccc(S(=O)(=O)N(C)C2CCCCC2)cc1. The number of nitrogens with zero attached hydrogens (tertiary/aromatic N) is 1. The molecule has 0 heterocycles. The molecule has 0 aliphatic heterocycles. The smallest absolute Gasteiger partial charge is 0.243 e. The van der Waals surface area contributed by atoms with E-state index in [4.69, 9.17) is 0 Å². The fourth-order valence-electron chi connectivity index (χ4n) is 2.86. The van der Waals surface area contributed by atoms with E-state index >= 15 is 0 Å². The van der Waals surface area contributed by atoms with Gasteiger partial charge in [0.05, 0.1) is 4.90 Å². The minimum absolute atomic E-state index is 0.158. The highest BCUT2D eigenvalue weighted by atomic mass is 32.2. The average Bonchev–Trinajstić information content (AvgIpc) is 2.53. The summed E-state index contributed by atoms with van der Waals surface area (Å²) in [6.07, 6.45) is 5.45. The third-order valence-corrected chi connectivity index (χ3v) is 6.19. The second kappa shape index (κ2) is 7.38. The predicted octanol–water partition coefficient (Wildman–Crippen LogP) is 2.75. The Morgan fingerprint density at radius 1 is 1.14 bits per heavy atom. The molecule has 0 atom stereocenters. The summed E-state index contributed by atoms with van der Waals surface area (Å²) in [5.74, 6) is 0. The molecule has 0 bridgehead atoms. The van der Waals surface area contributed by atoms with Crippen molar-refractivity contribution in [2.75, 3.05) is 13.6 Å². The van der Waals surface area contributed by atoms with Crippen molar-refractivity contribution in [1.82, 2.24) is 9.62 Å². The van der Waals surface area contributed by atoms with Crippen LogP contribution in [0.25, 0.3) is 0 Å². The van der Waals surface area contributed by atoms with Gasteiger partial charge in [-0.1, -0.05) is 38.3 Å². The van der Waals surface area contributed by atoms with Crippen LogP contribution in [0.3, 0.4) is 0 Å². The number of rotatable bonds is 6. The van der Waals surface area contributed by atoms with Gasteiger partial charge in [0.25, 0.3) is 0 Å². The predicted molar refractivity (Wildman–Crippen MR) is 85.6 cm³/mol. The summed E-state index contributed by atoms with van der Waals surface area (Å²) in [5, 5.41) is 3.24. The Balaban J connectivity index is 2.10. The maximum absolute atomic E-state index is 12.7. The van der Waals surface area contributed by atoms with Crippen molar-refractivity contribution in [3.63, 3.8) is 0 Å². The standard InChI is InChI=1S/C16H26N2O2S/c1-3-17-13-14-9-11-16(12-10-14)21(19,20)18(2)15-7-5-4-6-8-15/h9-12,15,17H,3-8,13H2,1-2H3. The molecule has 1 aliphatic carbocycles. The maximum atomic E-state index is 12.7. The Morgan fingerprint density at radius 2 is 1.76 bits per heavy atom. The van der Waals surface area contributed by atoms with E-state index in [1.54, 1.807) is 23.5 Å². The van der Waals surface area contributed by atoms with Crippen LogP contribution in [0.4, 0.5) is 0 Å². The molecular formula is C16H26N2O2S. The molecule has 118 valence electrons. The van der Waals surface area contributed by atoms with Crippen molar-refractivity contribution in [3.8, 4) is 0 Å². The molecule has 0 saturated heterocycles. The van der Waals surface area contributed by atoms with Crippen molar-refractivity contribution in [2.24, 2.45) is 0 Å². The van der Waals surface area contributed by atoms with Crippen LogP contribution < -0.4 is 5.32 Å². The first-order valence-electron chi connectivity index (χ1n) is 7.83. The zero-order chi connectivity index (χ0) is 15.3. The highest BCUT2D eigenvalue weighted by Crippen LogP contribution is 2.26. The highest BCUT2D eigenvalue weighted by molar-refractivity contribution is 7.89. The number of sulfonamides is 1. The van der Waals surface area contributed by atoms with Gasteiger partial charge in [0.2, 0.25) is 10.0 Å². The van der Waals surface area contributed by atoms with Crippen LogP contribution in [0.15, 0.2) is 29.2 Å². The molecule has 1 saturated carbocycles. The Bertz CT molecular complexity index is 534. The Labute approximate surface area is 128 Å². The third-order valence-electron chi connectivity index (χ3n) is 4.27. The van der Waals surface area contributed by atoms with E-state index in [-0.39, 0.29) is 6.04 Å². The highest BCUT2D eigenvalue weighted by Gasteiger charge is 2.28. The monoisotopic (exact) mass is 310 g/mol. The van der Waals surface area contributed by atoms with Crippen LogP contribution in [0.2, 0.25) is 0 Å². The van der Waals surface area contributed by atoms with Crippen LogP contribution in [-0.4, -0.2) is 32.4 Å². The fourth-order valence-corrected chi connectivity index (χ4v) is 4.27. The number of nitrogens with one attached hydrogen (secondary N) is 1. The normalized spacial score (nSPS) is 17.3. The van der Waals surface area contributed by atoms with Gasteiger partial charge in [0.1, 0.15) is 0 Å². The largest absolute Gasteiger partial charge is 0.313 e. The summed E-state index contributed by atoms with van der Waals surface area (Å²) in [6.45, 7) is 3.73. The lowest BCUT2D eigenvalue weighted by atomic mass is 9.96. The van der Waals surface area contributed by atoms with Crippen LogP contribution >= 0.6 is 0 Å².